The Morgan fingerprint density at radius 3 is 1.15 bits per heavy atom. The van der Waals surface area contributed by atoms with Crippen LogP contribution in [0.15, 0.2) is 36.4 Å². The van der Waals surface area contributed by atoms with Crippen LogP contribution in [-0.2, 0) is 19.2 Å². The molecule has 0 heterocycles. The molecule has 46 heavy (non-hydrogen) atoms. The minimum atomic E-state index is -1.26. The number of unbranched alkanes of at least 4 members (excludes halogenated alkanes) is 7. The Hall–Kier alpha value is -4.38. The number of aromatic carboxylic acids is 2. The maximum absolute atomic E-state index is 10.3. The Morgan fingerprint density at radius 2 is 0.870 bits per heavy atom. The summed E-state index contributed by atoms with van der Waals surface area (Å²) >= 11 is 0. The first-order valence-electron chi connectivity index (χ1n) is 14.3. The molecule has 10 N–H and O–H groups in total. The summed E-state index contributed by atoms with van der Waals surface area (Å²) in [7, 11) is 0. The number of hydrogen-bond donors (Lipinski definition) is 10. The molecule has 0 saturated carbocycles. The van der Waals surface area contributed by atoms with E-state index in [0.29, 0.717) is 18.6 Å². The molecule has 16 heteroatoms. The molecule has 0 bridgehead atoms. The molecule has 1 aromatic carbocycles. The first-order valence-corrected chi connectivity index (χ1v) is 14.3. The molecule has 0 aliphatic rings. The summed E-state index contributed by atoms with van der Waals surface area (Å²) in [5.74, 6) is -6.12. The minimum absolute atomic E-state index is 0.0833. The van der Waals surface area contributed by atoms with E-state index in [0.717, 1.165) is 57.8 Å². The molecule has 0 aliphatic heterocycles. The second kappa shape index (κ2) is 30.6. The summed E-state index contributed by atoms with van der Waals surface area (Å²) in [5.41, 5.74) is 0.167. The number of carbonyl (C=O) groups is 6. The van der Waals surface area contributed by atoms with Crippen LogP contribution in [0.1, 0.15) is 97.8 Å². The first kappa shape index (κ1) is 46.0. The van der Waals surface area contributed by atoms with Gasteiger partial charge in [0.1, 0.15) is 6.10 Å². The molecular formula is C30H46O16. The van der Waals surface area contributed by atoms with Crippen LogP contribution >= 0.6 is 0 Å². The smallest absolute Gasteiger partial charge is 0.335 e. The van der Waals surface area contributed by atoms with Crippen LogP contribution in [-0.4, -0.2) is 112 Å². The summed E-state index contributed by atoms with van der Waals surface area (Å²) in [6, 6.07) is 5.02. The normalized spacial score (nSPS) is 11.3. The molecule has 16 nitrogen and oxygen atoms in total. The summed E-state index contributed by atoms with van der Waals surface area (Å²) in [4.78, 5) is 60.1. The Labute approximate surface area is 265 Å². The van der Waals surface area contributed by atoms with Gasteiger partial charge in [-0.2, -0.15) is 0 Å². The van der Waals surface area contributed by atoms with Gasteiger partial charge in [-0.1, -0.05) is 38.5 Å². The molecule has 0 amide bonds. The maximum atomic E-state index is 10.3. The van der Waals surface area contributed by atoms with Gasteiger partial charge in [0.05, 0.1) is 23.8 Å². The Balaban J connectivity index is -0.000000545. The van der Waals surface area contributed by atoms with E-state index in [1.165, 1.54) is 24.3 Å². The zero-order chi connectivity index (χ0) is 35.9. The van der Waals surface area contributed by atoms with Gasteiger partial charge in [-0.3, -0.25) is 9.59 Å². The van der Waals surface area contributed by atoms with Gasteiger partial charge in [-0.25, -0.2) is 19.2 Å². The van der Waals surface area contributed by atoms with Crippen molar-refractivity contribution in [2.45, 2.75) is 89.3 Å². The zero-order valence-corrected chi connectivity index (χ0v) is 25.4. The van der Waals surface area contributed by atoms with Crippen molar-refractivity contribution in [3.63, 3.8) is 0 Å². The highest BCUT2D eigenvalue weighted by molar-refractivity contribution is 5.91. The van der Waals surface area contributed by atoms with Crippen LogP contribution in [0.4, 0.5) is 0 Å². The average molecular weight is 663 g/mol. The summed E-state index contributed by atoms with van der Waals surface area (Å²) in [5, 5.41) is 84.2. The quantitative estimate of drug-likeness (QED) is 0.0707. The fourth-order valence-corrected chi connectivity index (χ4v) is 3.11. The molecule has 262 valence electrons. The van der Waals surface area contributed by atoms with E-state index in [1.54, 1.807) is 0 Å². The van der Waals surface area contributed by atoms with Crippen LogP contribution in [0.5, 0.6) is 0 Å². The van der Waals surface area contributed by atoms with E-state index in [4.69, 9.17) is 51.1 Å². The predicted octanol–water partition coefficient (Wildman–Crippen LogP) is 2.32. The minimum Gasteiger partial charge on any atom is -0.481 e. The van der Waals surface area contributed by atoms with Gasteiger partial charge >= 0.3 is 35.8 Å². The standard InChI is InChI=1S/C10H18O4.C8H6O4.C8H18O4.C4H4O4/c11-9(12)7-5-3-1-2-4-6-8-10(13)14;9-7(10)5-1-2-6(4-3-5)8(11)12;9-5-3-1-2-4-7(11)8(12)6-10;5-3(6)1-2-4(7)8/h1-8H2,(H,11,12)(H,13,14);1-4H,(H,9,10)(H,11,12);7-12H,1-6H2;1-2H,(H,5,6)(H,7,8)/b;;;2-1-. The second-order valence-electron chi connectivity index (χ2n) is 9.50. The highest BCUT2D eigenvalue weighted by Gasteiger charge is 2.13. The molecule has 0 spiro atoms. The van der Waals surface area contributed by atoms with Crippen LogP contribution in [0.25, 0.3) is 0 Å². The van der Waals surface area contributed by atoms with Crippen LogP contribution in [0.3, 0.4) is 0 Å². The fourth-order valence-electron chi connectivity index (χ4n) is 3.11. The molecule has 2 unspecified atom stereocenters. The lowest BCUT2D eigenvalue weighted by Gasteiger charge is -2.14. The molecule has 0 fully saturated rings. The molecule has 1 rings (SSSR count). The van der Waals surface area contributed by atoms with Gasteiger partial charge in [0.15, 0.2) is 0 Å². The predicted molar refractivity (Wildman–Crippen MR) is 162 cm³/mol. The monoisotopic (exact) mass is 662 g/mol. The van der Waals surface area contributed by atoms with E-state index in [2.05, 4.69) is 0 Å². The highest BCUT2D eigenvalue weighted by atomic mass is 16.4. The van der Waals surface area contributed by atoms with Gasteiger partial charge in [-0.15, -0.1) is 0 Å². The van der Waals surface area contributed by atoms with Crippen molar-refractivity contribution in [2.75, 3.05) is 13.2 Å². The molecule has 2 atom stereocenters. The van der Waals surface area contributed by atoms with Crippen LogP contribution in [0.2, 0.25) is 0 Å². The third-order valence-corrected chi connectivity index (χ3v) is 5.57. The topological polar surface area (TPSA) is 305 Å². The van der Waals surface area contributed by atoms with E-state index in [-0.39, 0.29) is 30.6 Å². The summed E-state index contributed by atoms with van der Waals surface area (Å²) in [6.07, 6.45) is 7.87. The molecule has 0 radical (unpaired) electrons. The van der Waals surface area contributed by atoms with Crippen molar-refractivity contribution < 1.29 is 79.8 Å². The average Bonchev–Trinajstić information content (AvgIpc) is 2.99. The lowest BCUT2D eigenvalue weighted by Crippen LogP contribution is -2.29. The van der Waals surface area contributed by atoms with Gasteiger partial charge in [0.25, 0.3) is 0 Å². The van der Waals surface area contributed by atoms with E-state index < -0.39 is 54.6 Å². The number of aliphatic hydroxyl groups is 4. The Morgan fingerprint density at radius 1 is 0.522 bits per heavy atom. The third-order valence-electron chi connectivity index (χ3n) is 5.57. The first-order chi connectivity index (χ1) is 21.6. The largest absolute Gasteiger partial charge is 0.481 e. The third kappa shape index (κ3) is 34.1. The zero-order valence-electron chi connectivity index (χ0n) is 25.4. The van der Waals surface area contributed by atoms with Crippen LogP contribution in [0, 0.1) is 0 Å². The SMILES string of the molecule is O=C(O)/C=C\C(=O)O.O=C(O)CCCCCCCCC(=O)O.O=C(O)c1ccc(C(=O)O)cc1.OCCCCCC(O)C(O)CO. The van der Waals surface area contributed by atoms with Crippen molar-refractivity contribution in [1.29, 1.82) is 0 Å². The molecular weight excluding hydrogens is 616 g/mol. The number of aliphatic carboxylic acids is 4. The van der Waals surface area contributed by atoms with E-state index >= 15 is 0 Å². The van der Waals surface area contributed by atoms with Crippen LogP contribution < -0.4 is 0 Å². The number of aliphatic hydroxyl groups excluding tert-OH is 4. The summed E-state index contributed by atoms with van der Waals surface area (Å²) < 4.78 is 0. The number of carboxylic acid groups (broad SMARTS) is 6. The van der Waals surface area contributed by atoms with Gasteiger partial charge in [-0.05, 0) is 49.9 Å². The number of rotatable bonds is 20. The van der Waals surface area contributed by atoms with Crippen molar-refractivity contribution in [1.82, 2.24) is 0 Å². The lowest BCUT2D eigenvalue weighted by atomic mass is 10.1. The highest BCUT2D eigenvalue weighted by Crippen LogP contribution is 2.09. The van der Waals surface area contributed by atoms with E-state index in [1.807, 2.05) is 0 Å². The lowest BCUT2D eigenvalue weighted by molar-refractivity contribution is -0.138. The Kier molecular flexibility index (Phi) is 30.7. The number of benzene rings is 1. The molecule has 0 aromatic heterocycles. The second-order valence-corrected chi connectivity index (χ2v) is 9.50. The van der Waals surface area contributed by atoms with Crippen molar-refractivity contribution in [3.8, 4) is 0 Å². The van der Waals surface area contributed by atoms with Gasteiger partial charge < -0.3 is 51.1 Å². The van der Waals surface area contributed by atoms with Crippen molar-refractivity contribution in [3.05, 3.63) is 47.5 Å². The number of carboxylic acids is 6. The van der Waals surface area contributed by atoms with Gasteiger partial charge in [0.2, 0.25) is 0 Å². The summed E-state index contributed by atoms with van der Waals surface area (Å²) in [6.45, 7) is -0.236. The molecule has 1 aromatic rings. The Bertz CT molecular complexity index is 967. The van der Waals surface area contributed by atoms with Crippen molar-refractivity contribution >= 4 is 35.8 Å². The molecule has 0 saturated heterocycles. The maximum Gasteiger partial charge on any atom is 0.335 e. The van der Waals surface area contributed by atoms with Crippen molar-refractivity contribution in [2.24, 2.45) is 0 Å². The van der Waals surface area contributed by atoms with Gasteiger partial charge in [0, 0.05) is 31.6 Å². The fraction of sp³-hybridized carbons (Fsp3) is 0.533. The molecule has 0 aliphatic carbocycles. The number of hydrogen-bond acceptors (Lipinski definition) is 10. The van der Waals surface area contributed by atoms with E-state index in [9.17, 15) is 28.8 Å².